The van der Waals surface area contributed by atoms with Crippen molar-refractivity contribution in [1.29, 1.82) is 0 Å². The summed E-state index contributed by atoms with van der Waals surface area (Å²) in [5.74, 6) is -0.299. The fraction of sp³-hybridized carbons (Fsp3) is 0.154. The van der Waals surface area contributed by atoms with Crippen molar-refractivity contribution in [3.8, 4) is 16.5 Å². The van der Waals surface area contributed by atoms with Gasteiger partial charge in [0.15, 0.2) is 5.69 Å². The number of thiophene rings is 1. The Morgan fingerprint density at radius 2 is 1.95 bits per heavy atom. The zero-order valence-corrected chi connectivity index (χ0v) is 20.5. The van der Waals surface area contributed by atoms with E-state index in [4.69, 9.17) is 4.74 Å². The van der Waals surface area contributed by atoms with E-state index in [2.05, 4.69) is 20.4 Å². The molecule has 0 unspecified atom stereocenters. The molecular formula is C26H20F3N5O2S. The number of aromatic nitrogens is 4. The van der Waals surface area contributed by atoms with Gasteiger partial charge < -0.3 is 10.1 Å². The van der Waals surface area contributed by atoms with Crippen LogP contribution in [0.5, 0.6) is 5.88 Å². The van der Waals surface area contributed by atoms with Gasteiger partial charge in [-0.25, -0.2) is 9.97 Å². The van der Waals surface area contributed by atoms with Gasteiger partial charge in [-0.3, -0.25) is 9.48 Å². The van der Waals surface area contributed by atoms with Gasteiger partial charge in [0.05, 0.1) is 46.7 Å². The summed E-state index contributed by atoms with van der Waals surface area (Å²) in [6.07, 6.45) is -3.28. The number of ether oxygens (including phenoxy) is 1. The molecule has 7 nitrogen and oxygen atoms in total. The van der Waals surface area contributed by atoms with Crippen LogP contribution in [-0.4, -0.2) is 32.8 Å². The number of amides is 1. The van der Waals surface area contributed by atoms with Gasteiger partial charge in [-0.05, 0) is 36.1 Å². The summed E-state index contributed by atoms with van der Waals surface area (Å²) in [6, 6.07) is 15.6. The Balaban J connectivity index is 1.54. The predicted molar refractivity (Wildman–Crippen MR) is 135 cm³/mol. The predicted octanol–water partition coefficient (Wildman–Crippen LogP) is 6.19. The van der Waals surface area contributed by atoms with Crippen molar-refractivity contribution in [2.24, 2.45) is 0 Å². The van der Waals surface area contributed by atoms with Crippen LogP contribution in [0.2, 0.25) is 0 Å². The Labute approximate surface area is 213 Å². The zero-order valence-electron chi connectivity index (χ0n) is 19.7. The van der Waals surface area contributed by atoms with E-state index in [0.29, 0.717) is 28.0 Å². The highest BCUT2D eigenvalue weighted by Gasteiger charge is 2.39. The topological polar surface area (TPSA) is 81.9 Å². The number of carbonyl (C=O) groups is 1. The summed E-state index contributed by atoms with van der Waals surface area (Å²) < 4.78 is 48.1. The first-order valence-electron chi connectivity index (χ1n) is 11.1. The van der Waals surface area contributed by atoms with Crippen LogP contribution in [0.4, 0.5) is 18.9 Å². The molecule has 188 valence electrons. The summed E-state index contributed by atoms with van der Waals surface area (Å²) in [5.41, 5.74) is 0.568. The molecule has 5 aromatic rings. The standard InChI is InChI=1S/C26H20F3N5O2S/c1-15-23(24(26(27,28)29)33-34(15)14-16-9-10-22(36-2)30-13-16)32-25(35)18-12-20(21-8-5-11-37-21)31-19-7-4-3-6-17(18)19/h3-13H,14H2,1-2H3,(H,32,35). The van der Waals surface area contributed by atoms with E-state index >= 15 is 0 Å². The highest BCUT2D eigenvalue weighted by Crippen LogP contribution is 2.37. The van der Waals surface area contributed by atoms with E-state index in [1.165, 1.54) is 36.2 Å². The Morgan fingerprint density at radius 3 is 2.62 bits per heavy atom. The molecule has 0 saturated heterocycles. The SMILES string of the molecule is COc1ccc(Cn2nc(C(F)(F)F)c(NC(=O)c3cc(-c4cccs4)nc4ccccc34)c2C)cn1. The molecule has 4 heterocycles. The number of alkyl halides is 3. The Morgan fingerprint density at radius 1 is 1.14 bits per heavy atom. The lowest BCUT2D eigenvalue weighted by Gasteiger charge is -2.12. The first-order chi connectivity index (χ1) is 17.7. The van der Waals surface area contributed by atoms with Crippen LogP contribution in [0.1, 0.15) is 27.3 Å². The number of nitrogens with zero attached hydrogens (tertiary/aromatic N) is 4. The smallest absolute Gasteiger partial charge is 0.437 e. The zero-order chi connectivity index (χ0) is 26.2. The number of hydrogen-bond acceptors (Lipinski definition) is 6. The van der Waals surface area contributed by atoms with Crippen molar-refractivity contribution in [2.45, 2.75) is 19.6 Å². The minimum atomic E-state index is -4.78. The molecule has 0 radical (unpaired) electrons. The minimum absolute atomic E-state index is 0.0302. The van der Waals surface area contributed by atoms with E-state index in [0.717, 1.165) is 4.88 Å². The fourth-order valence-corrected chi connectivity index (χ4v) is 4.63. The number of anilines is 1. The van der Waals surface area contributed by atoms with Gasteiger partial charge in [0, 0.05) is 17.6 Å². The molecule has 0 aliphatic carbocycles. The molecule has 4 aromatic heterocycles. The number of halogens is 3. The lowest BCUT2D eigenvalue weighted by molar-refractivity contribution is -0.140. The van der Waals surface area contributed by atoms with E-state index in [1.807, 2.05) is 17.5 Å². The summed E-state index contributed by atoms with van der Waals surface area (Å²) in [5, 5.41) is 8.70. The molecule has 0 aliphatic rings. The number of benzene rings is 1. The van der Waals surface area contributed by atoms with Crippen LogP contribution >= 0.6 is 11.3 Å². The number of hydrogen-bond donors (Lipinski definition) is 1. The monoisotopic (exact) mass is 523 g/mol. The van der Waals surface area contributed by atoms with Crippen LogP contribution in [0.3, 0.4) is 0 Å². The van der Waals surface area contributed by atoms with Gasteiger partial charge in [0.25, 0.3) is 5.91 Å². The van der Waals surface area contributed by atoms with Gasteiger partial charge in [-0.2, -0.15) is 18.3 Å². The van der Waals surface area contributed by atoms with Crippen LogP contribution in [0.25, 0.3) is 21.5 Å². The normalized spacial score (nSPS) is 11.6. The molecule has 0 fully saturated rings. The first kappa shape index (κ1) is 24.4. The number of methoxy groups -OCH3 is 1. The molecule has 0 spiro atoms. The van der Waals surface area contributed by atoms with E-state index in [1.54, 1.807) is 42.5 Å². The molecule has 0 aliphatic heterocycles. The number of nitrogens with one attached hydrogen (secondary N) is 1. The molecule has 0 atom stereocenters. The van der Waals surface area contributed by atoms with Crippen LogP contribution in [0, 0.1) is 6.92 Å². The van der Waals surface area contributed by atoms with Crippen molar-refractivity contribution in [2.75, 3.05) is 12.4 Å². The summed E-state index contributed by atoms with van der Waals surface area (Å²) in [7, 11) is 1.47. The first-order valence-corrected chi connectivity index (χ1v) is 12.0. The minimum Gasteiger partial charge on any atom is -0.481 e. The molecule has 1 aromatic carbocycles. The molecule has 0 bridgehead atoms. The molecule has 11 heteroatoms. The lowest BCUT2D eigenvalue weighted by Crippen LogP contribution is -2.17. The largest absolute Gasteiger partial charge is 0.481 e. The fourth-order valence-electron chi connectivity index (χ4n) is 3.94. The number of pyridine rings is 2. The highest BCUT2D eigenvalue weighted by molar-refractivity contribution is 7.13. The maximum Gasteiger partial charge on any atom is 0.437 e. The third-order valence-corrected chi connectivity index (χ3v) is 6.68. The van der Waals surface area contributed by atoms with Crippen LogP contribution in [0.15, 0.2) is 66.2 Å². The highest BCUT2D eigenvalue weighted by atomic mass is 32.1. The number of fused-ring (bicyclic) bond motifs is 1. The molecule has 37 heavy (non-hydrogen) atoms. The van der Waals surface area contributed by atoms with Crippen molar-refractivity contribution in [1.82, 2.24) is 19.7 Å². The van der Waals surface area contributed by atoms with Gasteiger partial charge in [-0.15, -0.1) is 11.3 Å². The van der Waals surface area contributed by atoms with Gasteiger partial charge >= 0.3 is 6.18 Å². The number of rotatable bonds is 6. The third kappa shape index (κ3) is 4.90. The molecule has 5 rings (SSSR count). The van der Waals surface area contributed by atoms with E-state index < -0.39 is 23.5 Å². The number of carbonyl (C=O) groups excluding carboxylic acids is 1. The summed E-state index contributed by atoms with van der Waals surface area (Å²) >= 11 is 1.45. The Kier molecular flexibility index (Phi) is 6.38. The quantitative estimate of drug-likeness (QED) is 0.287. The lowest BCUT2D eigenvalue weighted by atomic mass is 10.1. The van der Waals surface area contributed by atoms with Crippen LogP contribution < -0.4 is 10.1 Å². The maximum absolute atomic E-state index is 14.0. The molecular weight excluding hydrogens is 503 g/mol. The maximum atomic E-state index is 14.0. The van der Waals surface area contributed by atoms with Gasteiger partial charge in [-0.1, -0.05) is 30.3 Å². The van der Waals surface area contributed by atoms with Crippen molar-refractivity contribution < 1.29 is 22.7 Å². The van der Waals surface area contributed by atoms with Gasteiger partial charge in [0.2, 0.25) is 5.88 Å². The average Bonchev–Trinajstić information content (AvgIpc) is 3.53. The molecule has 0 saturated carbocycles. The Bertz CT molecular complexity index is 1580. The second-order valence-corrected chi connectivity index (χ2v) is 9.12. The second kappa shape index (κ2) is 9.66. The second-order valence-electron chi connectivity index (χ2n) is 8.18. The van der Waals surface area contributed by atoms with Gasteiger partial charge in [0.1, 0.15) is 0 Å². The van der Waals surface area contributed by atoms with E-state index in [-0.39, 0.29) is 17.8 Å². The molecule has 1 N–H and O–H groups in total. The van der Waals surface area contributed by atoms with E-state index in [9.17, 15) is 18.0 Å². The molecule has 1 amide bonds. The van der Waals surface area contributed by atoms with Crippen molar-refractivity contribution in [3.05, 3.63) is 88.7 Å². The van der Waals surface area contributed by atoms with Crippen molar-refractivity contribution >= 4 is 33.8 Å². The third-order valence-electron chi connectivity index (χ3n) is 5.79. The average molecular weight is 524 g/mol. The summed E-state index contributed by atoms with van der Waals surface area (Å²) in [4.78, 5) is 23.0. The number of para-hydroxylation sites is 1. The summed E-state index contributed by atoms with van der Waals surface area (Å²) in [6.45, 7) is 1.51. The van der Waals surface area contributed by atoms with Crippen LogP contribution in [-0.2, 0) is 12.7 Å². The van der Waals surface area contributed by atoms with Crippen molar-refractivity contribution in [3.63, 3.8) is 0 Å². The Hall–Kier alpha value is -4.25.